The first-order valence-electron chi connectivity index (χ1n) is 5.80. The molecule has 1 amide bonds. The van der Waals surface area contributed by atoms with Crippen LogP contribution < -0.4 is 5.32 Å². The molecule has 0 aliphatic rings. The van der Waals surface area contributed by atoms with E-state index in [4.69, 9.17) is 14.7 Å². The molecule has 0 aliphatic heterocycles. The number of aliphatic hydroxyl groups is 2. The minimum atomic E-state index is -0.986. The zero-order chi connectivity index (χ0) is 13.7. The monoisotopic (exact) mass is 262 g/mol. The molecule has 1 atom stereocenters. The summed E-state index contributed by atoms with van der Waals surface area (Å²) < 4.78 is 4.94. The number of nitrogens with one attached hydrogen (secondary N) is 1. The molecule has 2 aromatic rings. The molecule has 1 heterocycles. The molecule has 2 rings (SSSR count). The Hall–Kier alpha value is -2.18. The summed E-state index contributed by atoms with van der Waals surface area (Å²) in [4.78, 5) is 11.7. The highest BCUT2D eigenvalue weighted by molar-refractivity contribution is 5.92. The third kappa shape index (κ3) is 3.40. The van der Waals surface area contributed by atoms with Crippen molar-refractivity contribution in [3.8, 4) is 11.3 Å². The van der Waals surface area contributed by atoms with Gasteiger partial charge in [-0.05, 0) is 0 Å². The van der Waals surface area contributed by atoms with Crippen LogP contribution in [0.4, 0.5) is 0 Å². The molecule has 0 aliphatic carbocycles. The first kappa shape index (κ1) is 13.3. The topological polar surface area (TPSA) is 95.6 Å². The number of nitrogens with zero attached hydrogens (tertiary/aromatic N) is 1. The van der Waals surface area contributed by atoms with E-state index in [0.717, 1.165) is 5.56 Å². The van der Waals surface area contributed by atoms with Crippen molar-refractivity contribution in [3.63, 3.8) is 0 Å². The van der Waals surface area contributed by atoms with Gasteiger partial charge < -0.3 is 20.1 Å². The Morgan fingerprint density at radius 3 is 2.79 bits per heavy atom. The number of hydrogen-bond acceptors (Lipinski definition) is 5. The highest BCUT2D eigenvalue weighted by Crippen LogP contribution is 2.18. The highest BCUT2D eigenvalue weighted by atomic mass is 16.5. The van der Waals surface area contributed by atoms with Crippen molar-refractivity contribution >= 4 is 5.91 Å². The normalized spacial score (nSPS) is 12.1. The van der Waals surface area contributed by atoms with E-state index < -0.39 is 18.6 Å². The molecule has 1 unspecified atom stereocenters. The van der Waals surface area contributed by atoms with Crippen LogP contribution in [0.2, 0.25) is 0 Å². The Balaban J connectivity index is 2.03. The van der Waals surface area contributed by atoms with E-state index in [2.05, 4.69) is 10.5 Å². The number of amides is 1. The SMILES string of the molecule is O=C(NCC(O)CO)c1cc(-c2ccccc2)no1. The Bertz CT molecular complexity index is 539. The molecule has 0 radical (unpaired) electrons. The summed E-state index contributed by atoms with van der Waals surface area (Å²) in [6.45, 7) is -0.456. The number of rotatable bonds is 5. The first-order valence-corrected chi connectivity index (χ1v) is 5.80. The second-order valence-corrected chi connectivity index (χ2v) is 3.99. The largest absolute Gasteiger partial charge is 0.394 e. The summed E-state index contributed by atoms with van der Waals surface area (Å²) in [6.07, 6.45) is -0.986. The molecule has 6 heteroatoms. The molecule has 0 fully saturated rings. The van der Waals surface area contributed by atoms with Crippen LogP contribution in [0.1, 0.15) is 10.6 Å². The Morgan fingerprint density at radius 2 is 2.11 bits per heavy atom. The highest BCUT2D eigenvalue weighted by Gasteiger charge is 2.14. The van der Waals surface area contributed by atoms with Crippen molar-refractivity contribution in [2.24, 2.45) is 0 Å². The molecule has 0 saturated carbocycles. The lowest BCUT2D eigenvalue weighted by Gasteiger charge is -2.06. The molecule has 100 valence electrons. The van der Waals surface area contributed by atoms with Gasteiger partial charge in [0, 0.05) is 18.2 Å². The van der Waals surface area contributed by atoms with E-state index in [0.29, 0.717) is 5.69 Å². The number of carbonyl (C=O) groups is 1. The molecular formula is C13H14N2O4. The number of carbonyl (C=O) groups excluding carboxylic acids is 1. The van der Waals surface area contributed by atoms with E-state index in [1.807, 2.05) is 30.3 Å². The summed E-state index contributed by atoms with van der Waals surface area (Å²) in [6, 6.07) is 10.8. The second kappa shape index (κ2) is 6.12. The maximum absolute atomic E-state index is 11.7. The molecule has 1 aromatic heterocycles. The fourth-order valence-electron chi connectivity index (χ4n) is 1.49. The molecule has 1 aromatic carbocycles. The smallest absolute Gasteiger partial charge is 0.290 e. The van der Waals surface area contributed by atoms with Crippen LogP contribution in [0.25, 0.3) is 11.3 Å². The van der Waals surface area contributed by atoms with Crippen molar-refractivity contribution < 1.29 is 19.5 Å². The zero-order valence-electron chi connectivity index (χ0n) is 10.1. The standard InChI is InChI=1S/C13H14N2O4/c16-8-10(17)7-14-13(18)12-6-11(15-19-12)9-4-2-1-3-5-9/h1-6,10,16-17H,7-8H2,(H,14,18). The third-order valence-corrected chi connectivity index (χ3v) is 2.51. The quantitative estimate of drug-likeness (QED) is 0.726. The summed E-state index contributed by atoms with van der Waals surface area (Å²) in [5.74, 6) is -0.425. The van der Waals surface area contributed by atoms with Crippen molar-refractivity contribution in [1.29, 1.82) is 0 Å². The molecule has 19 heavy (non-hydrogen) atoms. The van der Waals surface area contributed by atoms with Crippen molar-refractivity contribution in [1.82, 2.24) is 10.5 Å². The Morgan fingerprint density at radius 1 is 1.37 bits per heavy atom. The Kier molecular flexibility index (Phi) is 4.27. The lowest BCUT2D eigenvalue weighted by molar-refractivity contribution is 0.0778. The van der Waals surface area contributed by atoms with Gasteiger partial charge in [0.25, 0.3) is 5.91 Å². The van der Waals surface area contributed by atoms with Crippen LogP contribution in [-0.4, -0.2) is 40.5 Å². The molecular weight excluding hydrogens is 248 g/mol. The van der Waals surface area contributed by atoms with E-state index >= 15 is 0 Å². The Labute approximate surface area is 109 Å². The van der Waals surface area contributed by atoms with Crippen LogP contribution in [0, 0.1) is 0 Å². The summed E-state index contributed by atoms with van der Waals surface area (Å²) in [5, 5.41) is 24.0. The van der Waals surface area contributed by atoms with Crippen molar-refractivity contribution in [2.45, 2.75) is 6.10 Å². The fourth-order valence-corrected chi connectivity index (χ4v) is 1.49. The number of aliphatic hydroxyl groups excluding tert-OH is 2. The molecule has 0 spiro atoms. The minimum Gasteiger partial charge on any atom is -0.394 e. The summed E-state index contributed by atoms with van der Waals surface area (Å²) in [7, 11) is 0. The minimum absolute atomic E-state index is 0.0449. The van der Waals surface area contributed by atoms with Gasteiger partial charge in [-0.1, -0.05) is 35.5 Å². The van der Waals surface area contributed by atoms with Gasteiger partial charge in [0.05, 0.1) is 12.7 Å². The number of aromatic nitrogens is 1. The predicted molar refractivity (Wildman–Crippen MR) is 67.4 cm³/mol. The lowest BCUT2D eigenvalue weighted by Crippen LogP contribution is -2.33. The second-order valence-electron chi connectivity index (χ2n) is 3.99. The van der Waals surface area contributed by atoms with Crippen LogP contribution in [-0.2, 0) is 0 Å². The van der Waals surface area contributed by atoms with E-state index in [-0.39, 0.29) is 12.3 Å². The van der Waals surface area contributed by atoms with Crippen LogP contribution in [0.15, 0.2) is 40.9 Å². The molecule has 3 N–H and O–H groups in total. The average Bonchev–Trinajstić information content (AvgIpc) is 2.95. The van der Waals surface area contributed by atoms with Gasteiger partial charge in [0.2, 0.25) is 5.76 Å². The van der Waals surface area contributed by atoms with E-state index in [9.17, 15) is 4.79 Å². The predicted octanol–water partition coefficient (Wildman–Crippen LogP) is 0.425. The van der Waals surface area contributed by atoms with Crippen LogP contribution >= 0.6 is 0 Å². The van der Waals surface area contributed by atoms with Gasteiger partial charge in [-0.25, -0.2) is 0 Å². The van der Waals surface area contributed by atoms with E-state index in [1.54, 1.807) is 0 Å². The first-order chi connectivity index (χ1) is 9.20. The lowest BCUT2D eigenvalue weighted by atomic mass is 10.1. The maximum atomic E-state index is 11.7. The molecule has 6 nitrogen and oxygen atoms in total. The van der Waals surface area contributed by atoms with Gasteiger partial charge in [-0.3, -0.25) is 4.79 Å². The third-order valence-electron chi connectivity index (χ3n) is 2.51. The van der Waals surface area contributed by atoms with Gasteiger partial charge in [0.15, 0.2) is 0 Å². The summed E-state index contributed by atoms with van der Waals surface area (Å²) in [5.41, 5.74) is 1.41. The van der Waals surface area contributed by atoms with Gasteiger partial charge in [0.1, 0.15) is 5.69 Å². The van der Waals surface area contributed by atoms with Crippen LogP contribution in [0.5, 0.6) is 0 Å². The van der Waals surface area contributed by atoms with Gasteiger partial charge in [-0.2, -0.15) is 0 Å². The fraction of sp³-hybridized carbons (Fsp3) is 0.231. The van der Waals surface area contributed by atoms with Gasteiger partial charge >= 0.3 is 0 Å². The van der Waals surface area contributed by atoms with Crippen LogP contribution in [0.3, 0.4) is 0 Å². The van der Waals surface area contributed by atoms with Crippen molar-refractivity contribution in [2.75, 3.05) is 13.2 Å². The molecule has 0 saturated heterocycles. The maximum Gasteiger partial charge on any atom is 0.290 e. The van der Waals surface area contributed by atoms with Gasteiger partial charge in [-0.15, -0.1) is 0 Å². The van der Waals surface area contributed by atoms with Crippen molar-refractivity contribution in [3.05, 3.63) is 42.2 Å². The number of hydrogen-bond donors (Lipinski definition) is 3. The summed E-state index contributed by atoms with van der Waals surface area (Å²) >= 11 is 0. The van der Waals surface area contributed by atoms with E-state index in [1.165, 1.54) is 6.07 Å². The zero-order valence-corrected chi connectivity index (χ0v) is 10.1. The number of benzene rings is 1. The molecule has 0 bridgehead atoms. The average molecular weight is 262 g/mol.